The molecule has 0 aliphatic carbocycles. The second-order valence-corrected chi connectivity index (χ2v) is 5.38. The summed E-state index contributed by atoms with van der Waals surface area (Å²) < 4.78 is 17.5. The Morgan fingerprint density at radius 3 is 2.77 bits per heavy atom. The van der Waals surface area contributed by atoms with E-state index in [1.807, 2.05) is 4.90 Å². The number of methoxy groups -OCH3 is 1. The van der Waals surface area contributed by atoms with Gasteiger partial charge in [0.2, 0.25) is 5.91 Å². The van der Waals surface area contributed by atoms with Gasteiger partial charge in [0, 0.05) is 6.54 Å². The molecule has 1 unspecified atom stereocenters. The van der Waals surface area contributed by atoms with Gasteiger partial charge in [0.25, 0.3) is 0 Å². The highest BCUT2D eigenvalue weighted by Crippen LogP contribution is 2.17. The van der Waals surface area contributed by atoms with Crippen LogP contribution in [-0.4, -0.2) is 49.6 Å². The molecule has 1 heterocycles. The molecule has 0 aromatic heterocycles. The summed E-state index contributed by atoms with van der Waals surface area (Å²) in [6, 6.07) is 5.91. The van der Waals surface area contributed by atoms with Crippen molar-refractivity contribution in [2.75, 3.05) is 26.7 Å². The van der Waals surface area contributed by atoms with Crippen LogP contribution in [0.3, 0.4) is 0 Å². The summed E-state index contributed by atoms with van der Waals surface area (Å²) in [6.07, 6.45) is 2.27. The molecule has 1 aromatic rings. The number of likely N-dealkylation sites (tertiary alicyclic amines) is 1. The zero-order chi connectivity index (χ0) is 15.9. The molecule has 0 spiro atoms. The van der Waals surface area contributed by atoms with Crippen molar-refractivity contribution in [3.05, 3.63) is 35.6 Å². The third-order valence-corrected chi connectivity index (χ3v) is 3.83. The monoisotopic (exact) mass is 308 g/mol. The van der Waals surface area contributed by atoms with Crippen molar-refractivity contribution >= 4 is 11.9 Å². The standard InChI is InChI=1S/C16H21FN2O3/c1-22-16(21)14-3-2-10-19(14)11-15(20)18-9-8-12-4-6-13(17)7-5-12/h4-7,14H,2-3,8-11H2,1H3,(H,18,20). The summed E-state index contributed by atoms with van der Waals surface area (Å²) in [5.41, 5.74) is 0.968. The molecule has 2 rings (SSSR count). The smallest absolute Gasteiger partial charge is 0.323 e. The van der Waals surface area contributed by atoms with Crippen molar-refractivity contribution in [1.29, 1.82) is 0 Å². The molecule has 6 heteroatoms. The summed E-state index contributed by atoms with van der Waals surface area (Å²) in [5.74, 6) is -0.662. The Kier molecular flexibility index (Phi) is 5.89. The van der Waals surface area contributed by atoms with Gasteiger partial charge in [-0.3, -0.25) is 14.5 Å². The van der Waals surface area contributed by atoms with Crippen LogP contribution in [0, 0.1) is 5.82 Å². The topological polar surface area (TPSA) is 58.6 Å². The number of carbonyl (C=O) groups is 2. The Bertz CT molecular complexity index is 519. The molecule has 1 aliphatic rings. The quantitative estimate of drug-likeness (QED) is 0.800. The first-order chi connectivity index (χ1) is 10.6. The minimum absolute atomic E-state index is 0.113. The van der Waals surface area contributed by atoms with E-state index < -0.39 is 0 Å². The molecule has 1 fully saturated rings. The maximum atomic E-state index is 12.8. The van der Waals surface area contributed by atoms with Crippen LogP contribution in [0.25, 0.3) is 0 Å². The normalized spacial score (nSPS) is 18.2. The van der Waals surface area contributed by atoms with Crippen LogP contribution in [0.5, 0.6) is 0 Å². The maximum absolute atomic E-state index is 12.8. The molecule has 0 saturated carbocycles. The summed E-state index contributed by atoms with van der Waals surface area (Å²) >= 11 is 0. The Labute approximate surface area is 129 Å². The average Bonchev–Trinajstić information content (AvgIpc) is 2.96. The Balaban J connectivity index is 1.73. The predicted molar refractivity (Wildman–Crippen MR) is 79.7 cm³/mol. The Morgan fingerprint density at radius 2 is 2.09 bits per heavy atom. The van der Waals surface area contributed by atoms with Crippen molar-refractivity contribution < 1.29 is 18.7 Å². The fourth-order valence-corrected chi connectivity index (χ4v) is 2.66. The van der Waals surface area contributed by atoms with E-state index in [0.29, 0.717) is 13.0 Å². The number of ether oxygens (including phenoxy) is 1. The number of benzene rings is 1. The molecule has 0 bridgehead atoms. The summed E-state index contributed by atoms with van der Waals surface area (Å²) in [4.78, 5) is 25.4. The largest absolute Gasteiger partial charge is 0.468 e. The lowest BCUT2D eigenvalue weighted by Gasteiger charge is -2.21. The average molecular weight is 308 g/mol. The Morgan fingerprint density at radius 1 is 1.36 bits per heavy atom. The zero-order valence-corrected chi connectivity index (χ0v) is 12.7. The number of hydrogen-bond donors (Lipinski definition) is 1. The van der Waals surface area contributed by atoms with Crippen LogP contribution in [0.15, 0.2) is 24.3 Å². The van der Waals surface area contributed by atoms with E-state index in [1.165, 1.54) is 19.2 Å². The summed E-state index contributed by atoms with van der Waals surface area (Å²) in [5, 5.41) is 2.82. The van der Waals surface area contributed by atoms with Gasteiger partial charge >= 0.3 is 5.97 Å². The van der Waals surface area contributed by atoms with E-state index in [1.54, 1.807) is 12.1 Å². The minimum atomic E-state index is -0.312. The highest BCUT2D eigenvalue weighted by molar-refractivity contribution is 5.80. The molecule has 120 valence electrons. The number of halogens is 1. The summed E-state index contributed by atoms with van der Waals surface area (Å²) in [7, 11) is 1.36. The van der Waals surface area contributed by atoms with Crippen molar-refractivity contribution in [3.63, 3.8) is 0 Å². The molecule has 1 saturated heterocycles. The molecular weight excluding hydrogens is 287 g/mol. The Hall–Kier alpha value is -1.95. The van der Waals surface area contributed by atoms with Crippen LogP contribution < -0.4 is 5.32 Å². The first kappa shape index (κ1) is 16.4. The van der Waals surface area contributed by atoms with Gasteiger partial charge in [0.15, 0.2) is 0 Å². The number of esters is 1. The number of hydrogen-bond acceptors (Lipinski definition) is 4. The van der Waals surface area contributed by atoms with Crippen molar-refractivity contribution in [1.82, 2.24) is 10.2 Å². The van der Waals surface area contributed by atoms with Gasteiger partial charge < -0.3 is 10.1 Å². The zero-order valence-electron chi connectivity index (χ0n) is 12.7. The highest BCUT2D eigenvalue weighted by atomic mass is 19.1. The minimum Gasteiger partial charge on any atom is -0.468 e. The van der Waals surface area contributed by atoms with E-state index >= 15 is 0 Å². The predicted octanol–water partition coefficient (Wildman–Crippen LogP) is 1.12. The van der Waals surface area contributed by atoms with Crippen LogP contribution in [0.2, 0.25) is 0 Å². The number of nitrogens with one attached hydrogen (secondary N) is 1. The highest BCUT2D eigenvalue weighted by Gasteiger charge is 2.32. The van der Waals surface area contributed by atoms with Crippen LogP contribution >= 0.6 is 0 Å². The molecule has 0 radical (unpaired) electrons. The third kappa shape index (κ3) is 4.53. The third-order valence-electron chi connectivity index (χ3n) is 3.83. The molecular formula is C16H21FN2O3. The van der Waals surface area contributed by atoms with E-state index in [4.69, 9.17) is 4.74 Å². The van der Waals surface area contributed by atoms with E-state index in [9.17, 15) is 14.0 Å². The SMILES string of the molecule is COC(=O)C1CCCN1CC(=O)NCCc1ccc(F)cc1. The molecule has 1 aromatic carbocycles. The number of nitrogens with zero attached hydrogens (tertiary/aromatic N) is 1. The second-order valence-electron chi connectivity index (χ2n) is 5.38. The first-order valence-electron chi connectivity index (χ1n) is 7.43. The summed E-state index contributed by atoms with van der Waals surface area (Å²) in [6.45, 7) is 1.41. The molecule has 1 N–H and O–H groups in total. The van der Waals surface area contributed by atoms with E-state index in [0.717, 1.165) is 24.9 Å². The van der Waals surface area contributed by atoms with Gasteiger partial charge in [0.05, 0.1) is 13.7 Å². The van der Waals surface area contributed by atoms with Crippen LogP contribution in [-0.2, 0) is 20.7 Å². The number of rotatable bonds is 6. The van der Waals surface area contributed by atoms with Gasteiger partial charge in [-0.2, -0.15) is 0 Å². The molecule has 22 heavy (non-hydrogen) atoms. The number of amides is 1. The van der Waals surface area contributed by atoms with Crippen molar-refractivity contribution in [2.24, 2.45) is 0 Å². The van der Waals surface area contributed by atoms with Crippen LogP contribution in [0.1, 0.15) is 18.4 Å². The lowest BCUT2D eigenvalue weighted by molar-refractivity contribution is -0.146. The van der Waals surface area contributed by atoms with E-state index in [2.05, 4.69) is 5.32 Å². The number of carbonyl (C=O) groups excluding carboxylic acids is 2. The van der Waals surface area contributed by atoms with Gasteiger partial charge in [-0.05, 0) is 43.5 Å². The molecule has 1 amide bonds. The molecule has 1 atom stereocenters. The lowest BCUT2D eigenvalue weighted by atomic mass is 10.1. The van der Waals surface area contributed by atoms with Gasteiger partial charge in [-0.1, -0.05) is 12.1 Å². The van der Waals surface area contributed by atoms with Gasteiger partial charge in [0.1, 0.15) is 11.9 Å². The maximum Gasteiger partial charge on any atom is 0.323 e. The van der Waals surface area contributed by atoms with E-state index in [-0.39, 0.29) is 30.3 Å². The molecule has 1 aliphatic heterocycles. The van der Waals surface area contributed by atoms with Crippen LogP contribution in [0.4, 0.5) is 4.39 Å². The van der Waals surface area contributed by atoms with Gasteiger partial charge in [-0.25, -0.2) is 4.39 Å². The molecule has 5 nitrogen and oxygen atoms in total. The van der Waals surface area contributed by atoms with Gasteiger partial charge in [-0.15, -0.1) is 0 Å². The fourth-order valence-electron chi connectivity index (χ4n) is 2.66. The lowest BCUT2D eigenvalue weighted by Crippen LogP contribution is -2.43. The second kappa shape index (κ2) is 7.89. The fraction of sp³-hybridized carbons (Fsp3) is 0.500. The van der Waals surface area contributed by atoms with Crippen molar-refractivity contribution in [3.8, 4) is 0 Å². The van der Waals surface area contributed by atoms with Crippen molar-refractivity contribution in [2.45, 2.75) is 25.3 Å². The first-order valence-corrected chi connectivity index (χ1v) is 7.43.